The Hall–Kier alpha value is -2.91. The first-order chi connectivity index (χ1) is 12.8. The number of nitriles is 1. The van der Waals surface area contributed by atoms with E-state index in [4.69, 9.17) is 5.11 Å². The van der Waals surface area contributed by atoms with Crippen LogP contribution in [0.1, 0.15) is 49.1 Å². The molecule has 0 aliphatic rings. The van der Waals surface area contributed by atoms with Crippen molar-refractivity contribution in [2.45, 2.75) is 40.0 Å². The van der Waals surface area contributed by atoms with Gasteiger partial charge in [-0.3, -0.25) is 4.79 Å². The third kappa shape index (κ3) is 4.63. The second-order valence-electron chi connectivity index (χ2n) is 6.40. The molecule has 0 radical (unpaired) electrons. The summed E-state index contributed by atoms with van der Waals surface area (Å²) < 4.78 is 0. The van der Waals surface area contributed by atoms with Crippen LogP contribution in [-0.4, -0.2) is 17.0 Å². The van der Waals surface area contributed by atoms with Gasteiger partial charge in [-0.05, 0) is 37.3 Å². The zero-order valence-corrected chi connectivity index (χ0v) is 16.6. The molecule has 0 bridgehead atoms. The monoisotopic (exact) mass is 382 g/mol. The Bertz CT molecular complexity index is 934. The van der Waals surface area contributed by atoms with Crippen LogP contribution in [0.3, 0.4) is 0 Å². The largest absolute Gasteiger partial charge is 0.478 e. The van der Waals surface area contributed by atoms with Gasteiger partial charge in [0.1, 0.15) is 11.1 Å². The van der Waals surface area contributed by atoms with E-state index in [0.717, 1.165) is 28.5 Å². The Morgan fingerprint density at radius 3 is 2.48 bits per heavy atom. The second kappa shape index (κ2) is 8.65. The molecule has 0 saturated carbocycles. The molecule has 6 heteroatoms. The van der Waals surface area contributed by atoms with Gasteiger partial charge >= 0.3 is 5.97 Å². The number of carboxylic acid groups (broad SMARTS) is 1. The molecule has 1 aromatic carbocycles. The van der Waals surface area contributed by atoms with Gasteiger partial charge in [-0.1, -0.05) is 38.1 Å². The number of carbonyl (C=O) groups is 2. The summed E-state index contributed by atoms with van der Waals surface area (Å²) >= 11 is 1.31. The Morgan fingerprint density at radius 2 is 1.96 bits per heavy atom. The Kier molecular flexibility index (Phi) is 6.54. The number of aliphatic carboxylic acids is 1. The van der Waals surface area contributed by atoms with Crippen LogP contribution < -0.4 is 5.32 Å². The van der Waals surface area contributed by atoms with Crippen LogP contribution in [0.25, 0.3) is 11.1 Å². The minimum atomic E-state index is -1.16. The maximum atomic E-state index is 12.1. The van der Waals surface area contributed by atoms with Crippen LogP contribution in [0.4, 0.5) is 5.00 Å². The quantitative estimate of drug-likeness (QED) is 0.682. The maximum absolute atomic E-state index is 12.1. The normalized spacial score (nSPS) is 12.3. The molecule has 0 spiro atoms. The zero-order chi connectivity index (χ0) is 20.1. The average molecular weight is 382 g/mol. The number of carboxylic acids is 1. The number of hydrogen-bond acceptors (Lipinski definition) is 4. The molecular formula is C21H22N2O3S. The number of carbonyl (C=O) groups excluding carboxylic acids is 1. The zero-order valence-electron chi connectivity index (χ0n) is 15.8. The fourth-order valence-electron chi connectivity index (χ4n) is 2.71. The molecular weight excluding hydrogens is 360 g/mol. The molecule has 2 rings (SSSR count). The summed E-state index contributed by atoms with van der Waals surface area (Å²) in [6, 6.07) is 10.3. The summed E-state index contributed by atoms with van der Waals surface area (Å²) in [5.41, 5.74) is 3.29. The van der Waals surface area contributed by atoms with Crippen LogP contribution in [-0.2, 0) is 9.59 Å². The topological polar surface area (TPSA) is 90.2 Å². The highest BCUT2D eigenvalue weighted by Crippen LogP contribution is 2.39. The van der Waals surface area contributed by atoms with Gasteiger partial charge in [-0.25, -0.2) is 4.79 Å². The number of thiophene rings is 1. The number of nitrogens with zero attached hydrogens (tertiary/aromatic N) is 1. The molecule has 5 nitrogen and oxygen atoms in total. The summed E-state index contributed by atoms with van der Waals surface area (Å²) in [6.45, 7) is 7.56. The number of hydrogen-bond donors (Lipinski definition) is 2. The van der Waals surface area contributed by atoms with Crippen molar-refractivity contribution >= 4 is 28.2 Å². The standard InChI is InChI=1S/C21H22N2O3S/c1-5-12(2)15-6-8-16(9-7-15)19-14(4)27-20(17(19)11-22)23-18(24)10-13(3)21(25)26/h6-10,12H,5H2,1-4H3,(H,23,24)(H,25,26)/b13-10+/t12-/m0/s1. The van der Waals surface area contributed by atoms with E-state index in [1.807, 2.05) is 19.1 Å². The molecule has 1 aromatic heterocycles. The summed E-state index contributed by atoms with van der Waals surface area (Å²) in [5.74, 6) is -1.25. The van der Waals surface area contributed by atoms with Crippen molar-refractivity contribution in [3.8, 4) is 17.2 Å². The van der Waals surface area contributed by atoms with Gasteiger partial charge in [0.25, 0.3) is 0 Å². The fourth-order valence-corrected chi connectivity index (χ4v) is 3.74. The van der Waals surface area contributed by atoms with Crippen molar-refractivity contribution in [3.63, 3.8) is 0 Å². The lowest BCUT2D eigenvalue weighted by Gasteiger charge is -2.10. The third-order valence-electron chi connectivity index (χ3n) is 4.50. The van der Waals surface area contributed by atoms with Crippen LogP contribution in [0, 0.1) is 18.3 Å². The summed E-state index contributed by atoms with van der Waals surface area (Å²) in [6.07, 6.45) is 2.07. The van der Waals surface area contributed by atoms with Crippen molar-refractivity contribution in [2.24, 2.45) is 0 Å². The van der Waals surface area contributed by atoms with Gasteiger partial charge in [-0.15, -0.1) is 11.3 Å². The number of anilines is 1. The van der Waals surface area contributed by atoms with E-state index in [0.29, 0.717) is 16.5 Å². The predicted molar refractivity (Wildman–Crippen MR) is 108 cm³/mol. The van der Waals surface area contributed by atoms with Crippen molar-refractivity contribution in [1.29, 1.82) is 5.26 Å². The van der Waals surface area contributed by atoms with Gasteiger partial charge in [-0.2, -0.15) is 5.26 Å². The number of aryl methyl sites for hydroxylation is 1. The molecule has 0 aliphatic carbocycles. The lowest BCUT2D eigenvalue weighted by atomic mass is 9.95. The predicted octanol–water partition coefficient (Wildman–Crippen LogP) is 5.08. The van der Waals surface area contributed by atoms with Gasteiger partial charge in [0.2, 0.25) is 5.91 Å². The summed E-state index contributed by atoms with van der Waals surface area (Å²) in [7, 11) is 0. The van der Waals surface area contributed by atoms with Crippen molar-refractivity contribution in [3.05, 3.63) is 51.9 Å². The molecule has 27 heavy (non-hydrogen) atoms. The smallest absolute Gasteiger partial charge is 0.331 e. The van der Waals surface area contributed by atoms with Crippen LogP contribution in [0.15, 0.2) is 35.9 Å². The van der Waals surface area contributed by atoms with E-state index >= 15 is 0 Å². The average Bonchev–Trinajstić information content (AvgIpc) is 2.95. The minimum Gasteiger partial charge on any atom is -0.478 e. The lowest BCUT2D eigenvalue weighted by Crippen LogP contribution is -2.10. The van der Waals surface area contributed by atoms with E-state index < -0.39 is 11.9 Å². The maximum Gasteiger partial charge on any atom is 0.331 e. The molecule has 0 fully saturated rings. The van der Waals surface area contributed by atoms with Gasteiger partial charge in [0, 0.05) is 22.1 Å². The third-order valence-corrected chi connectivity index (χ3v) is 5.52. The molecule has 2 aromatic rings. The first-order valence-corrected chi connectivity index (χ1v) is 9.46. The van der Waals surface area contributed by atoms with E-state index in [-0.39, 0.29) is 5.57 Å². The highest BCUT2D eigenvalue weighted by Gasteiger charge is 2.19. The van der Waals surface area contributed by atoms with Crippen LogP contribution in [0.2, 0.25) is 0 Å². The molecule has 0 unspecified atom stereocenters. The molecule has 1 heterocycles. The van der Waals surface area contributed by atoms with Gasteiger partial charge < -0.3 is 10.4 Å². The summed E-state index contributed by atoms with van der Waals surface area (Å²) in [5, 5.41) is 21.6. The highest BCUT2D eigenvalue weighted by atomic mass is 32.1. The Balaban J connectivity index is 2.38. The molecule has 0 saturated heterocycles. The van der Waals surface area contributed by atoms with E-state index in [1.54, 1.807) is 0 Å². The van der Waals surface area contributed by atoms with E-state index in [9.17, 15) is 14.9 Å². The lowest BCUT2D eigenvalue weighted by molar-refractivity contribution is -0.132. The van der Waals surface area contributed by atoms with Gasteiger partial charge in [0.05, 0.1) is 5.56 Å². The number of amides is 1. The van der Waals surface area contributed by atoms with Crippen molar-refractivity contribution < 1.29 is 14.7 Å². The van der Waals surface area contributed by atoms with E-state index in [2.05, 4.69) is 37.4 Å². The van der Waals surface area contributed by atoms with Crippen molar-refractivity contribution in [2.75, 3.05) is 5.32 Å². The van der Waals surface area contributed by atoms with Crippen molar-refractivity contribution in [1.82, 2.24) is 0 Å². The Morgan fingerprint density at radius 1 is 1.33 bits per heavy atom. The molecule has 140 valence electrons. The molecule has 1 atom stereocenters. The minimum absolute atomic E-state index is 0.0693. The first kappa shape index (κ1) is 20.4. The Labute approximate surface area is 163 Å². The number of rotatable bonds is 6. The fraction of sp³-hybridized carbons (Fsp3) is 0.286. The number of nitrogens with one attached hydrogen (secondary N) is 1. The molecule has 0 aliphatic heterocycles. The van der Waals surface area contributed by atoms with Crippen LogP contribution >= 0.6 is 11.3 Å². The SMILES string of the molecule is CC[C@H](C)c1ccc(-c2c(C)sc(NC(=O)/C=C(\C)C(=O)O)c2C#N)cc1. The van der Waals surface area contributed by atoms with Crippen LogP contribution in [0.5, 0.6) is 0 Å². The molecule has 2 N–H and O–H groups in total. The number of benzene rings is 1. The second-order valence-corrected chi connectivity index (χ2v) is 7.63. The summed E-state index contributed by atoms with van der Waals surface area (Å²) in [4.78, 5) is 23.8. The van der Waals surface area contributed by atoms with E-state index in [1.165, 1.54) is 23.8 Å². The first-order valence-electron chi connectivity index (χ1n) is 8.64. The van der Waals surface area contributed by atoms with Gasteiger partial charge in [0.15, 0.2) is 0 Å². The highest BCUT2D eigenvalue weighted by molar-refractivity contribution is 7.17. The molecule has 1 amide bonds.